The Morgan fingerprint density at radius 3 is 2.32 bits per heavy atom. The van der Waals surface area contributed by atoms with Gasteiger partial charge in [-0.15, -0.1) is 0 Å². The molecular formula is C17H17F3N2O3. The number of anilines is 2. The Bertz CT molecular complexity index is 784. The predicted molar refractivity (Wildman–Crippen MR) is 87.6 cm³/mol. The Labute approximate surface area is 142 Å². The van der Waals surface area contributed by atoms with Gasteiger partial charge in [0.25, 0.3) is 0 Å². The second-order valence-electron chi connectivity index (χ2n) is 5.15. The van der Waals surface area contributed by atoms with Crippen LogP contribution in [0.3, 0.4) is 0 Å². The van der Waals surface area contributed by atoms with E-state index >= 15 is 0 Å². The van der Waals surface area contributed by atoms with Crippen molar-refractivity contribution in [3.63, 3.8) is 0 Å². The highest BCUT2D eigenvalue weighted by atomic mass is 19.2. The number of halogens is 3. The van der Waals surface area contributed by atoms with Gasteiger partial charge < -0.3 is 20.1 Å². The standard InChI is InChI=1S/C17H17F3N2O3/c1-9(21-10-4-7-13(24-2)14(8-10)25-3)17(23)22-12-6-5-11(18)15(19)16(12)20/h4-9,21H,1-3H3,(H,22,23). The van der Waals surface area contributed by atoms with E-state index in [-0.39, 0.29) is 0 Å². The average molecular weight is 354 g/mol. The van der Waals surface area contributed by atoms with Gasteiger partial charge in [0.2, 0.25) is 5.91 Å². The number of methoxy groups -OCH3 is 2. The van der Waals surface area contributed by atoms with Gasteiger partial charge in [-0.3, -0.25) is 4.79 Å². The summed E-state index contributed by atoms with van der Waals surface area (Å²) in [6, 6.07) is 5.85. The maximum absolute atomic E-state index is 13.6. The number of hydrogen-bond donors (Lipinski definition) is 2. The maximum Gasteiger partial charge on any atom is 0.246 e. The molecule has 2 aromatic rings. The molecule has 1 amide bonds. The fraction of sp³-hybridized carbons (Fsp3) is 0.235. The number of amides is 1. The zero-order chi connectivity index (χ0) is 18.6. The zero-order valence-corrected chi connectivity index (χ0v) is 13.8. The van der Waals surface area contributed by atoms with Gasteiger partial charge in [0.05, 0.1) is 19.9 Å². The molecule has 0 saturated carbocycles. The molecule has 0 aromatic heterocycles. The van der Waals surface area contributed by atoms with Gasteiger partial charge in [-0.05, 0) is 31.2 Å². The van der Waals surface area contributed by atoms with E-state index in [9.17, 15) is 18.0 Å². The maximum atomic E-state index is 13.6. The Morgan fingerprint density at radius 1 is 1.00 bits per heavy atom. The fourth-order valence-electron chi connectivity index (χ4n) is 2.10. The Kier molecular flexibility index (Phi) is 5.74. The number of carbonyl (C=O) groups excluding carboxylic acids is 1. The van der Waals surface area contributed by atoms with Crippen LogP contribution in [0.5, 0.6) is 11.5 Å². The first-order valence-corrected chi connectivity index (χ1v) is 7.30. The lowest BCUT2D eigenvalue weighted by Gasteiger charge is -2.17. The average Bonchev–Trinajstić information content (AvgIpc) is 2.61. The molecule has 1 atom stereocenters. The summed E-state index contributed by atoms with van der Waals surface area (Å²) in [6.07, 6.45) is 0. The van der Waals surface area contributed by atoms with Gasteiger partial charge in [0.15, 0.2) is 29.0 Å². The third-order valence-electron chi connectivity index (χ3n) is 3.45. The Morgan fingerprint density at radius 2 is 1.68 bits per heavy atom. The third kappa shape index (κ3) is 4.14. The van der Waals surface area contributed by atoms with E-state index in [1.165, 1.54) is 21.1 Å². The largest absolute Gasteiger partial charge is 0.493 e. The molecule has 0 aliphatic carbocycles. The lowest BCUT2D eigenvalue weighted by atomic mass is 10.2. The van der Waals surface area contributed by atoms with Crippen LogP contribution in [-0.4, -0.2) is 26.2 Å². The van der Waals surface area contributed by atoms with Crippen LogP contribution >= 0.6 is 0 Å². The first kappa shape index (κ1) is 18.4. The van der Waals surface area contributed by atoms with Gasteiger partial charge in [-0.1, -0.05) is 0 Å². The van der Waals surface area contributed by atoms with Crippen LogP contribution in [0.25, 0.3) is 0 Å². The molecule has 0 saturated heterocycles. The summed E-state index contributed by atoms with van der Waals surface area (Å²) in [6.45, 7) is 1.53. The van der Waals surface area contributed by atoms with E-state index in [0.717, 1.165) is 12.1 Å². The lowest BCUT2D eigenvalue weighted by molar-refractivity contribution is -0.116. The quantitative estimate of drug-likeness (QED) is 0.779. The first-order valence-electron chi connectivity index (χ1n) is 7.30. The van der Waals surface area contributed by atoms with Crippen molar-refractivity contribution in [2.45, 2.75) is 13.0 Å². The van der Waals surface area contributed by atoms with E-state index in [0.29, 0.717) is 17.2 Å². The number of ether oxygens (including phenoxy) is 2. The minimum Gasteiger partial charge on any atom is -0.493 e. The number of rotatable bonds is 6. The van der Waals surface area contributed by atoms with Gasteiger partial charge in [-0.2, -0.15) is 0 Å². The molecule has 0 spiro atoms. The van der Waals surface area contributed by atoms with Crippen LogP contribution in [0.2, 0.25) is 0 Å². The van der Waals surface area contributed by atoms with Crippen LogP contribution in [0, 0.1) is 17.5 Å². The van der Waals surface area contributed by atoms with Gasteiger partial charge in [-0.25, -0.2) is 13.2 Å². The molecule has 2 aromatic carbocycles. The summed E-state index contributed by atoms with van der Waals surface area (Å²) >= 11 is 0. The van der Waals surface area contributed by atoms with Crippen molar-refractivity contribution in [1.82, 2.24) is 0 Å². The van der Waals surface area contributed by atoms with Crippen molar-refractivity contribution < 1.29 is 27.4 Å². The zero-order valence-electron chi connectivity index (χ0n) is 13.8. The highest BCUT2D eigenvalue weighted by molar-refractivity contribution is 5.96. The van der Waals surface area contributed by atoms with Crippen molar-refractivity contribution in [2.24, 2.45) is 0 Å². The van der Waals surface area contributed by atoms with Crippen LogP contribution in [0.4, 0.5) is 24.5 Å². The smallest absolute Gasteiger partial charge is 0.246 e. The number of benzene rings is 2. The molecule has 2 rings (SSSR count). The highest BCUT2D eigenvalue weighted by Gasteiger charge is 2.19. The molecule has 8 heteroatoms. The fourth-order valence-corrected chi connectivity index (χ4v) is 2.10. The summed E-state index contributed by atoms with van der Waals surface area (Å²) in [5, 5.41) is 5.11. The van der Waals surface area contributed by atoms with Crippen molar-refractivity contribution >= 4 is 17.3 Å². The van der Waals surface area contributed by atoms with Crippen LogP contribution < -0.4 is 20.1 Å². The number of carbonyl (C=O) groups is 1. The molecule has 1 unspecified atom stereocenters. The molecule has 0 heterocycles. The van der Waals surface area contributed by atoms with Gasteiger partial charge >= 0.3 is 0 Å². The second-order valence-corrected chi connectivity index (χ2v) is 5.15. The molecule has 0 radical (unpaired) electrons. The minimum atomic E-state index is -1.64. The van der Waals surface area contributed by atoms with Gasteiger partial charge in [0.1, 0.15) is 6.04 Å². The summed E-state index contributed by atoms with van der Waals surface area (Å²) in [5.41, 5.74) is 0.121. The summed E-state index contributed by atoms with van der Waals surface area (Å²) in [7, 11) is 2.97. The summed E-state index contributed by atoms with van der Waals surface area (Å²) in [4.78, 5) is 12.1. The second kappa shape index (κ2) is 7.78. The van der Waals surface area contributed by atoms with E-state index in [2.05, 4.69) is 10.6 Å². The monoisotopic (exact) mass is 354 g/mol. The van der Waals surface area contributed by atoms with Crippen LogP contribution in [0.15, 0.2) is 30.3 Å². The molecular weight excluding hydrogens is 337 g/mol. The molecule has 0 bridgehead atoms. The Hall–Kier alpha value is -2.90. The van der Waals surface area contributed by atoms with Crippen molar-refractivity contribution in [1.29, 1.82) is 0 Å². The molecule has 2 N–H and O–H groups in total. The normalized spacial score (nSPS) is 11.6. The van der Waals surface area contributed by atoms with E-state index < -0.39 is 35.1 Å². The highest BCUT2D eigenvalue weighted by Crippen LogP contribution is 2.30. The van der Waals surface area contributed by atoms with Crippen molar-refractivity contribution in [3.8, 4) is 11.5 Å². The van der Waals surface area contributed by atoms with E-state index in [1.54, 1.807) is 18.2 Å². The molecule has 25 heavy (non-hydrogen) atoms. The molecule has 0 aliphatic rings. The summed E-state index contributed by atoms with van der Waals surface area (Å²) < 4.78 is 50.0. The predicted octanol–water partition coefficient (Wildman–Crippen LogP) is 3.56. The molecule has 0 aliphatic heterocycles. The first-order chi connectivity index (χ1) is 11.9. The number of nitrogens with one attached hydrogen (secondary N) is 2. The Balaban J connectivity index is 2.09. The third-order valence-corrected chi connectivity index (χ3v) is 3.45. The lowest BCUT2D eigenvalue weighted by Crippen LogP contribution is -2.32. The SMILES string of the molecule is COc1ccc(NC(C)C(=O)Nc2ccc(F)c(F)c2F)cc1OC. The molecule has 5 nitrogen and oxygen atoms in total. The van der Waals surface area contributed by atoms with Crippen LogP contribution in [-0.2, 0) is 4.79 Å². The number of hydrogen-bond acceptors (Lipinski definition) is 4. The van der Waals surface area contributed by atoms with Crippen LogP contribution in [0.1, 0.15) is 6.92 Å². The summed E-state index contributed by atoms with van der Waals surface area (Å²) in [5.74, 6) is -4.06. The van der Waals surface area contributed by atoms with Crippen molar-refractivity contribution in [3.05, 3.63) is 47.8 Å². The topological polar surface area (TPSA) is 59.6 Å². The van der Waals surface area contributed by atoms with E-state index in [4.69, 9.17) is 9.47 Å². The molecule has 0 fully saturated rings. The minimum absolute atomic E-state index is 0.440. The molecule has 134 valence electrons. The van der Waals surface area contributed by atoms with E-state index in [1.807, 2.05) is 0 Å². The van der Waals surface area contributed by atoms with Gasteiger partial charge in [0, 0.05) is 11.8 Å². The van der Waals surface area contributed by atoms with Crippen molar-refractivity contribution in [2.75, 3.05) is 24.9 Å².